The molecule has 3 nitrogen and oxygen atoms in total. The fraction of sp³-hybridized carbons (Fsp3) is 0.200. The third kappa shape index (κ3) is 2.04. The number of alkyl halides is 6. The SMILES string of the molecule is O=C1OC(=O)c2c(C(F)(F)F)ccc(C(F)(F)F)c21. The summed E-state index contributed by atoms with van der Waals surface area (Å²) in [5.74, 6) is -3.48. The van der Waals surface area contributed by atoms with Crippen LogP contribution in [0.25, 0.3) is 0 Å². The van der Waals surface area contributed by atoms with E-state index in [1.54, 1.807) is 0 Å². The van der Waals surface area contributed by atoms with Crippen molar-refractivity contribution in [1.29, 1.82) is 0 Å². The molecule has 0 saturated heterocycles. The van der Waals surface area contributed by atoms with Crippen LogP contribution in [0.3, 0.4) is 0 Å². The molecule has 0 fully saturated rings. The standard InChI is InChI=1S/C10H2F6O3/c11-9(12,13)3-1-2-4(10(14,15)16)6-5(3)7(17)19-8(6)18/h1-2H. The molecule has 1 aromatic rings. The number of halogens is 6. The first-order valence-corrected chi connectivity index (χ1v) is 4.61. The molecule has 9 heteroatoms. The highest BCUT2D eigenvalue weighted by Gasteiger charge is 2.48. The molecule has 1 aliphatic rings. The molecule has 0 amide bonds. The van der Waals surface area contributed by atoms with Gasteiger partial charge in [0.2, 0.25) is 0 Å². The second-order valence-corrected chi connectivity index (χ2v) is 3.58. The summed E-state index contributed by atoms with van der Waals surface area (Å²) in [6, 6.07) is 0.197. The zero-order valence-corrected chi connectivity index (χ0v) is 8.65. The molecule has 0 saturated carbocycles. The van der Waals surface area contributed by atoms with E-state index in [1.807, 2.05) is 0 Å². The molecule has 2 rings (SSSR count). The highest BCUT2D eigenvalue weighted by Crippen LogP contribution is 2.42. The highest BCUT2D eigenvalue weighted by atomic mass is 19.4. The number of fused-ring (bicyclic) bond motifs is 1. The topological polar surface area (TPSA) is 43.4 Å². The Hall–Kier alpha value is -2.06. The Labute approximate surface area is 100 Å². The predicted molar refractivity (Wildman–Crippen MR) is 46.2 cm³/mol. The largest absolute Gasteiger partial charge is 0.417 e. The van der Waals surface area contributed by atoms with Crippen LogP contribution in [0.1, 0.15) is 31.8 Å². The van der Waals surface area contributed by atoms with Gasteiger partial charge < -0.3 is 4.74 Å². The number of carbonyl (C=O) groups excluding carboxylic acids is 2. The Balaban J connectivity index is 2.82. The van der Waals surface area contributed by atoms with Crippen molar-refractivity contribution in [2.24, 2.45) is 0 Å². The van der Waals surface area contributed by atoms with Gasteiger partial charge in [0, 0.05) is 0 Å². The molecule has 19 heavy (non-hydrogen) atoms. The van der Waals surface area contributed by atoms with Gasteiger partial charge in [-0.25, -0.2) is 9.59 Å². The van der Waals surface area contributed by atoms with Crippen LogP contribution in [0.15, 0.2) is 12.1 Å². The minimum Gasteiger partial charge on any atom is -0.386 e. The van der Waals surface area contributed by atoms with Crippen molar-refractivity contribution in [2.75, 3.05) is 0 Å². The third-order valence-electron chi connectivity index (χ3n) is 2.41. The smallest absolute Gasteiger partial charge is 0.386 e. The minimum atomic E-state index is -5.07. The van der Waals surface area contributed by atoms with E-state index >= 15 is 0 Å². The summed E-state index contributed by atoms with van der Waals surface area (Å²) in [6.45, 7) is 0. The lowest BCUT2D eigenvalue weighted by Crippen LogP contribution is -2.16. The number of carbonyl (C=O) groups is 2. The first-order chi connectivity index (χ1) is 8.53. The molecular formula is C10H2F6O3. The van der Waals surface area contributed by atoms with E-state index < -0.39 is 46.5 Å². The van der Waals surface area contributed by atoms with Gasteiger partial charge in [0.25, 0.3) is 0 Å². The van der Waals surface area contributed by atoms with Gasteiger partial charge in [-0.2, -0.15) is 26.3 Å². The van der Waals surface area contributed by atoms with Crippen molar-refractivity contribution in [3.63, 3.8) is 0 Å². The van der Waals surface area contributed by atoms with Gasteiger partial charge >= 0.3 is 24.3 Å². The lowest BCUT2D eigenvalue weighted by Gasteiger charge is -2.13. The molecule has 1 heterocycles. The summed E-state index contributed by atoms with van der Waals surface area (Å²) in [5, 5.41) is 0. The Kier molecular flexibility index (Phi) is 2.62. The lowest BCUT2D eigenvalue weighted by atomic mass is 9.96. The van der Waals surface area contributed by atoms with Crippen LogP contribution in [-0.2, 0) is 17.1 Å². The van der Waals surface area contributed by atoms with Crippen molar-refractivity contribution in [3.05, 3.63) is 34.4 Å². The molecule has 0 aliphatic carbocycles. The van der Waals surface area contributed by atoms with Gasteiger partial charge in [0.05, 0.1) is 22.3 Å². The second-order valence-electron chi connectivity index (χ2n) is 3.58. The monoisotopic (exact) mass is 284 g/mol. The fourth-order valence-corrected chi connectivity index (χ4v) is 1.69. The maximum absolute atomic E-state index is 12.6. The Morgan fingerprint density at radius 1 is 0.737 bits per heavy atom. The van der Waals surface area contributed by atoms with E-state index in [0.717, 1.165) is 0 Å². The predicted octanol–water partition coefficient (Wildman–Crippen LogP) is 3.03. The van der Waals surface area contributed by atoms with Crippen LogP contribution in [0.4, 0.5) is 26.3 Å². The fourth-order valence-electron chi connectivity index (χ4n) is 1.69. The van der Waals surface area contributed by atoms with Crippen molar-refractivity contribution in [3.8, 4) is 0 Å². The van der Waals surface area contributed by atoms with Crippen molar-refractivity contribution >= 4 is 11.9 Å². The van der Waals surface area contributed by atoms with Crippen LogP contribution in [-0.4, -0.2) is 11.9 Å². The van der Waals surface area contributed by atoms with E-state index in [0.29, 0.717) is 0 Å². The number of benzene rings is 1. The molecule has 0 radical (unpaired) electrons. The normalized spacial score (nSPS) is 15.5. The molecule has 0 bridgehead atoms. The summed E-state index contributed by atoms with van der Waals surface area (Å²) in [7, 11) is 0. The Bertz CT molecular complexity index is 533. The maximum atomic E-state index is 12.6. The Morgan fingerprint density at radius 3 is 1.32 bits per heavy atom. The number of hydrogen-bond acceptors (Lipinski definition) is 3. The zero-order valence-electron chi connectivity index (χ0n) is 8.65. The second kappa shape index (κ2) is 3.72. The van der Waals surface area contributed by atoms with Crippen molar-refractivity contribution in [1.82, 2.24) is 0 Å². The third-order valence-corrected chi connectivity index (χ3v) is 2.41. The molecule has 102 valence electrons. The highest BCUT2D eigenvalue weighted by molar-refractivity contribution is 6.16. The molecule has 0 spiro atoms. The maximum Gasteiger partial charge on any atom is 0.417 e. The molecular weight excluding hydrogens is 282 g/mol. The van der Waals surface area contributed by atoms with Gasteiger partial charge in [-0.15, -0.1) is 0 Å². The summed E-state index contributed by atoms with van der Waals surface area (Å²) < 4.78 is 79.3. The molecule has 0 N–H and O–H groups in total. The van der Waals surface area contributed by atoms with Gasteiger partial charge in [-0.1, -0.05) is 0 Å². The molecule has 1 aromatic carbocycles. The molecule has 0 unspecified atom stereocenters. The van der Waals surface area contributed by atoms with E-state index in [1.165, 1.54) is 0 Å². The lowest BCUT2D eigenvalue weighted by molar-refractivity contribution is -0.141. The van der Waals surface area contributed by atoms with E-state index in [4.69, 9.17) is 0 Å². The first kappa shape index (κ1) is 13.4. The molecule has 0 aromatic heterocycles. The van der Waals surface area contributed by atoms with Crippen LogP contribution < -0.4 is 0 Å². The number of ether oxygens (including phenoxy) is 1. The van der Waals surface area contributed by atoms with Crippen molar-refractivity contribution in [2.45, 2.75) is 12.4 Å². The van der Waals surface area contributed by atoms with Gasteiger partial charge in [0.1, 0.15) is 0 Å². The van der Waals surface area contributed by atoms with E-state index in [9.17, 15) is 35.9 Å². The number of cyclic esters (lactones) is 2. The zero-order chi connectivity index (χ0) is 14.6. The quantitative estimate of drug-likeness (QED) is 0.418. The van der Waals surface area contributed by atoms with Crippen LogP contribution in [0.2, 0.25) is 0 Å². The summed E-state index contributed by atoms with van der Waals surface area (Å²) >= 11 is 0. The van der Waals surface area contributed by atoms with Gasteiger partial charge in [-0.3, -0.25) is 0 Å². The van der Waals surface area contributed by atoms with E-state index in [-0.39, 0.29) is 12.1 Å². The Morgan fingerprint density at radius 2 is 1.05 bits per heavy atom. The summed E-state index contributed by atoms with van der Waals surface area (Å²) in [4.78, 5) is 22.2. The summed E-state index contributed by atoms with van der Waals surface area (Å²) in [6.07, 6.45) is -10.1. The molecule has 0 atom stereocenters. The van der Waals surface area contributed by atoms with Crippen molar-refractivity contribution < 1.29 is 40.7 Å². The summed E-state index contributed by atoms with van der Waals surface area (Å²) in [5.41, 5.74) is -6.06. The number of esters is 2. The van der Waals surface area contributed by atoms with Crippen LogP contribution in [0.5, 0.6) is 0 Å². The van der Waals surface area contributed by atoms with E-state index in [2.05, 4.69) is 4.74 Å². The van der Waals surface area contributed by atoms with Gasteiger partial charge in [-0.05, 0) is 12.1 Å². The first-order valence-electron chi connectivity index (χ1n) is 4.61. The van der Waals surface area contributed by atoms with Gasteiger partial charge in [0.15, 0.2) is 0 Å². The number of rotatable bonds is 0. The minimum absolute atomic E-state index is 0.0987. The number of hydrogen-bond donors (Lipinski definition) is 0. The average Bonchev–Trinajstić information content (AvgIpc) is 2.51. The average molecular weight is 284 g/mol. The van der Waals surface area contributed by atoms with Crippen LogP contribution in [0, 0.1) is 0 Å². The molecule has 1 aliphatic heterocycles. The van der Waals surface area contributed by atoms with Crippen LogP contribution >= 0.6 is 0 Å².